The molecule has 4 heterocycles. The first-order valence-corrected chi connectivity index (χ1v) is 31.2. The maximum absolute atomic E-state index is 10.4. The lowest BCUT2D eigenvalue weighted by Crippen LogP contribution is -2.59. The molecule has 4 aromatic carbocycles. The number of aliphatic hydroxyl groups excluding tert-OH is 16. The predicted molar refractivity (Wildman–Crippen MR) is 333 cm³/mol. The Bertz CT molecular complexity index is 2890. The maximum atomic E-state index is 10.4. The molecule has 4 aromatic rings. The first-order chi connectivity index (χ1) is 46.8. The van der Waals surface area contributed by atoms with E-state index >= 15 is 0 Å². The van der Waals surface area contributed by atoms with Crippen LogP contribution in [0.5, 0.6) is 0 Å². The molecule has 4 aliphatic heterocycles. The van der Waals surface area contributed by atoms with E-state index < -0.39 is 155 Å². The van der Waals surface area contributed by atoms with Crippen LogP contribution >= 0.6 is 0 Å². The van der Waals surface area contributed by atoms with Gasteiger partial charge in [0, 0.05) is 22.3 Å². The lowest BCUT2D eigenvalue weighted by molar-refractivity contribution is -0.298. The minimum atomic E-state index is -1.62. The van der Waals surface area contributed by atoms with Crippen molar-refractivity contribution in [1.82, 2.24) is 0 Å². The van der Waals surface area contributed by atoms with E-state index in [0.29, 0.717) is 22.3 Å². The minimum Gasteiger partial charge on any atom is -0.394 e. The summed E-state index contributed by atoms with van der Waals surface area (Å²) in [6, 6.07) is 28.8. The Hall–Kier alpha value is -6.00. The molecule has 0 unspecified atom stereocenters. The summed E-state index contributed by atoms with van der Waals surface area (Å²) in [5, 5.41) is 161. The number of rotatable bonds is 28. The molecule has 0 spiro atoms. The Kier molecular flexibility index (Phi) is 30.5. The lowest BCUT2D eigenvalue weighted by atomic mass is 9.92. The monoisotopic (exact) mass is 1360 g/mol. The second-order valence-electron chi connectivity index (χ2n) is 23.5. The second-order valence-corrected chi connectivity index (χ2v) is 23.5. The average molecular weight is 1360 g/mol. The first-order valence-electron chi connectivity index (χ1n) is 31.2. The summed E-state index contributed by atoms with van der Waals surface area (Å²) in [5.41, 5.74) is 4.15. The quantitative estimate of drug-likeness (QED) is 0.0238. The smallest absolute Gasteiger partial charge is 0.187 e. The SMILES string of the molecule is OC[C@H]1O[C@@H](OCC#Cc2cccc(COCC(COCc3cccc(C#CCO[C@@H]4O[C@H](CO)[C@H](O)[C@H](O)[C@H]4O)c3)(COCc3cccc(C#CCO[C@@H]4O[C@H](CO)[C@H](O)[C@H](O)[C@H]4O)c3)COCc3cccc(C#CCO[C@@H]4O[C@H](CO)[C@H](O)[C@H](O)[C@H]4O)c3)c2)[C@H](O)[C@@H](O)[C@H]1O. The zero-order valence-electron chi connectivity index (χ0n) is 52.7. The van der Waals surface area contributed by atoms with Gasteiger partial charge in [-0.25, -0.2) is 0 Å². The van der Waals surface area contributed by atoms with Crippen molar-refractivity contribution in [3.63, 3.8) is 0 Å². The zero-order chi connectivity index (χ0) is 69.4. The van der Waals surface area contributed by atoms with E-state index in [1.807, 2.05) is 24.3 Å². The summed E-state index contributed by atoms with van der Waals surface area (Å²) in [7, 11) is 0. The first kappa shape index (κ1) is 76.7. The van der Waals surface area contributed by atoms with Crippen molar-refractivity contribution in [2.75, 3.05) is 79.3 Å². The second kappa shape index (κ2) is 38.5. The van der Waals surface area contributed by atoms with Gasteiger partial charge in [-0.1, -0.05) is 95.9 Å². The predicted octanol–water partition coefficient (Wildman–Crippen LogP) is -4.49. The highest BCUT2D eigenvalue weighted by Gasteiger charge is 2.47. The van der Waals surface area contributed by atoms with Crippen LogP contribution in [-0.2, 0) is 83.3 Å². The fraction of sp³-hybridized carbons (Fsp3) is 0.536. The van der Waals surface area contributed by atoms with Crippen LogP contribution in [-0.4, -0.2) is 284 Å². The topological polar surface area (TPSA) is 434 Å². The van der Waals surface area contributed by atoms with Crippen LogP contribution in [0.4, 0.5) is 0 Å². The molecule has 0 aliphatic carbocycles. The summed E-state index contributed by atoms with van der Waals surface area (Å²) >= 11 is 0. The van der Waals surface area contributed by atoms with Crippen molar-refractivity contribution in [1.29, 1.82) is 0 Å². The summed E-state index contributed by atoms with van der Waals surface area (Å²) in [6.07, 6.45) is -29.1. The van der Waals surface area contributed by atoms with E-state index in [4.69, 9.17) is 56.8 Å². The van der Waals surface area contributed by atoms with Crippen LogP contribution < -0.4 is 0 Å². The van der Waals surface area contributed by atoms with Crippen LogP contribution in [0.25, 0.3) is 0 Å². The minimum absolute atomic E-state index is 0.00424. The van der Waals surface area contributed by atoms with Gasteiger partial charge in [0.25, 0.3) is 0 Å². The third kappa shape index (κ3) is 22.0. The van der Waals surface area contributed by atoms with Crippen molar-refractivity contribution in [3.05, 3.63) is 142 Å². The molecular formula is C69H84O28. The third-order valence-corrected chi connectivity index (χ3v) is 16.0. The van der Waals surface area contributed by atoms with Crippen LogP contribution in [0.1, 0.15) is 44.5 Å². The van der Waals surface area contributed by atoms with Crippen LogP contribution in [0.15, 0.2) is 97.1 Å². The van der Waals surface area contributed by atoms with Crippen LogP contribution in [0.2, 0.25) is 0 Å². The average Bonchev–Trinajstić information content (AvgIpc) is 0.917. The van der Waals surface area contributed by atoms with Crippen molar-refractivity contribution in [2.45, 2.75) is 149 Å². The zero-order valence-corrected chi connectivity index (χ0v) is 52.7. The molecule has 20 atom stereocenters. The normalized spacial score (nSPS) is 30.4. The largest absolute Gasteiger partial charge is 0.394 e. The number of hydrogen-bond donors (Lipinski definition) is 16. The highest BCUT2D eigenvalue weighted by molar-refractivity contribution is 5.40. The maximum Gasteiger partial charge on any atom is 0.187 e. The van der Waals surface area contributed by atoms with E-state index in [9.17, 15) is 81.7 Å². The molecule has 28 nitrogen and oxygen atoms in total. The van der Waals surface area contributed by atoms with E-state index in [1.165, 1.54) is 0 Å². The number of hydrogen-bond acceptors (Lipinski definition) is 28. The standard InChI is InChI=1S/C69H84O28/c70-29-49-53(74)57(78)61(82)65(94-49)90-21-5-17-41-9-1-13-45(25-41)33-86-37-69(38-87-34-46-14-2-10-42(26-46)18-6-22-91-66-62(83)58(79)54(75)50(30-71)95-66,39-88-35-47-15-3-11-43(27-47)19-7-23-92-67-63(84)59(80)55(76)51(31-72)96-67)40-89-36-48-16-4-12-44(28-48)20-8-24-93-68-64(85)60(81)56(77)52(32-73)97-68/h1-4,9-16,25-28,49-68,70-85H,21-24,29-40H2/t49-,50-,51-,52-,53+,54+,55+,56+,57+,58+,59+,60+,61-,62-,63-,64-,65-,66-,67-,68-/m1/s1. The molecule has 0 saturated carbocycles. The van der Waals surface area contributed by atoms with Gasteiger partial charge in [-0.3, -0.25) is 0 Å². The molecule has 0 aromatic heterocycles. The van der Waals surface area contributed by atoms with E-state index in [-0.39, 0.29) is 79.3 Å². The molecule has 8 rings (SSSR count). The summed E-state index contributed by atoms with van der Waals surface area (Å²) in [5.74, 6) is 23.4. The molecule has 0 bridgehead atoms. The van der Waals surface area contributed by atoms with Gasteiger partial charge in [0.1, 0.15) is 124 Å². The molecule has 0 amide bonds. The summed E-state index contributed by atoms with van der Waals surface area (Å²) < 4.78 is 70.1. The van der Waals surface area contributed by atoms with Crippen LogP contribution in [0.3, 0.4) is 0 Å². The van der Waals surface area contributed by atoms with Crippen molar-refractivity contribution in [3.8, 4) is 47.4 Å². The molecule has 4 saturated heterocycles. The van der Waals surface area contributed by atoms with E-state index in [0.717, 1.165) is 22.3 Å². The van der Waals surface area contributed by atoms with Crippen molar-refractivity contribution < 1.29 is 139 Å². The van der Waals surface area contributed by atoms with Gasteiger partial charge >= 0.3 is 0 Å². The van der Waals surface area contributed by atoms with Crippen molar-refractivity contribution >= 4 is 0 Å². The fourth-order valence-corrected chi connectivity index (χ4v) is 10.6. The molecular weight excluding hydrogens is 1280 g/mol. The Morgan fingerprint density at radius 1 is 0.299 bits per heavy atom. The number of benzene rings is 4. The van der Waals surface area contributed by atoms with Gasteiger partial charge < -0.3 is 139 Å². The van der Waals surface area contributed by atoms with E-state index in [2.05, 4.69) is 47.4 Å². The molecule has 97 heavy (non-hydrogen) atoms. The molecule has 4 fully saturated rings. The number of ether oxygens (including phenoxy) is 12. The molecule has 16 N–H and O–H groups in total. The third-order valence-electron chi connectivity index (χ3n) is 16.0. The highest BCUT2D eigenvalue weighted by Crippen LogP contribution is 2.28. The summed E-state index contributed by atoms with van der Waals surface area (Å²) in [4.78, 5) is 0. The van der Waals surface area contributed by atoms with Gasteiger partial charge in [0.2, 0.25) is 0 Å². The Morgan fingerprint density at radius 3 is 0.722 bits per heavy atom. The van der Waals surface area contributed by atoms with Gasteiger partial charge in [0.15, 0.2) is 25.2 Å². The fourth-order valence-electron chi connectivity index (χ4n) is 10.6. The molecule has 4 aliphatic rings. The molecule has 528 valence electrons. The molecule has 0 radical (unpaired) electrons. The number of aliphatic hydroxyl groups is 16. The van der Waals surface area contributed by atoms with Gasteiger partial charge in [-0.05, 0) is 70.8 Å². The van der Waals surface area contributed by atoms with Gasteiger partial charge in [-0.15, -0.1) is 0 Å². The van der Waals surface area contributed by atoms with Crippen LogP contribution in [0, 0.1) is 52.8 Å². The van der Waals surface area contributed by atoms with E-state index in [1.54, 1.807) is 72.8 Å². The Labute approximate surface area is 559 Å². The van der Waals surface area contributed by atoms with Crippen molar-refractivity contribution in [2.24, 2.45) is 5.41 Å². The van der Waals surface area contributed by atoms with Gasteiger partial charge in [0.05, 0.1) is 84.7 Å². The lowest BCUT2D eigenvalue weighted by Gasteiger charge is -2.39. The highest BCUT2D eigenvalue weighted by atomic mass is 16.7. The molecule has 28 heteroatoms. The van der Waals surface area contributed by atoms with Gasteiger partial charge in [-0.2, -0.15) is 0 Å². The Balaban J connectivity index is 0.988. The Morgan fingerprint density at radius 2 is 0.515 bits per heavy atom. The summed E-state index contributed by atoms with van der Waals surface area (Å²) in [6.45, 7) is -3.18.